The molecule has 0 saturated carbocycles. The SMILES string of the molecule is CC1CN(c2ccc(Cl)cc2Br)C(C(C)C)CN1. The Balaban J connectivity index is 2.32. The van der Waals surface area contributed by atoms with E-state index < -0.39 is 0 Å². The molecule has 0 aliphatic carbocycles. The highest BCUT2D eigenvalue weighted by Crippen LogP contribution is 2.32. The number of hydrogen-bond donors (Lipinski definition) is 1. The lowest BCUT2D eigenvalue weighted by atomic mass is 9.98. The summed E-state index contributed by atoms with van der Waals surface area (Å²) in [6, 6.07) is 7.09. The maximum absolute atomic E-state index is 6.02. The Hall–Kier alpha value is -0.250. The van der Waals surface area contributed by atoms with Crippen molar-refractivity contribution in [1.29, 1.82) is 0 Å². The summed E-state index contributed by atoms with van der Waals surface area (Å²) in [5.74, 6) is 0.618. The third kappa shape index (κ3) is 3.01. The molecule has 1 aliphatic heterocycles. The molecule has 2 nitrogen and oxygen atoms in total. The van der Waals surface area contributed by atoms with Crippen molar-refractivity contribution in [3.8, 4) is 0 Å². The van der Waals surface area contributed by atoms with Crippen LogP contribution in [0.3, 0.4) is 0 Å². The zero-order chi connectivity index (χ0) is 13.3. The molecular weight excluding hydrogens is 312 g/mol. The van der Waals surface area contributed by atoms with Crippen LogP contribution in [-0.4, -0.2) is 25.2 Å². The number of benzene rings is 1. The predicted octanol–water partition coefficient (Wildman–Crippen LogP) is 3.93. The molecule has 1 fully saturated rings. The lowest BCUT2D eigenvalue weighted by Crippen LogP contribution is -2.57. The van der Waals surface area contributed by atoms with Crippen molar-refractivity contribution >= 4 is 33.2 Å². The standard InChI is InChI=1S/C14H20BrClN2/c1-9(2)14-7-17-10(3)8-18(14)13-5-4-11(16)6-12(13)15/h4-6,9-10,14,17H,7-8H2,1-3H3. The van der Waals surface area contributed by atoms with Gasteiger partial charge < -0.3 is 10.2 Å². The predicted molar refractivity (Wildman–Crippen MR) is 82.6 cm³/mol. The van der Waals surface area contributed by atoms with Gasteiger partial charge in [-0.3, -0.25) is 0 Å². The van der Waals surface area contributed by atoms with E-state index in [1.807, 2.05) is 12.1 Å². The fraction of sp³-hybridized carbons (Fsp3) is 0.571. The van der Waals surface area contributed by atoms with Gasteiger partial charge in [-0.2, -0.15) is 0 Å². The highest BCUT2D eigenvalue weighted by molar-refractivity contribution is 9.10. The van der Waals surface area contributed by atoms with Crippen LogP contribution in [0.4, 0.5) is 5.69 Å². The molecule has 100 valence electrons. The van der Waals surface area contributed by atoms with Crippen molar-refractivity contribution in [2.24, 2.45) is 5.92 Å². The first-order chi connectivity index (χ1) is 8.49. The van der Waals surface area contributed by atoms with Crippen molar-refractivity contribution in [1.82, 2.24) is 5.32 Å². The number of nitrogens with zero attached hydrogens (tertiary/aromatic N) is 1. The third-order valence-corrected chi connectivity index (χ3v) is 4.41. The molecule has 1 aromatic carbocycles. The van der Waals surface area contributed by atoms with E-state index in [-0.39, 0.29) is 0 Å². The quantitative estimate of drug-likeness (QED) is 0.883. The fourth-order valence-electron chi connectivity index (χ4n) is 2.51. The Morgan fingerprint density at radius 2 is 2.17 bits per heavy atom. The first-order valence-corrected chi connectivity index (χ1v) is 7.61. The molecule has 0 amide bonds. The van der Waals surface area contributed by atoms with E-state index >= 15 is 0 Å². The van der Waals surface area contributed by atoms with E-state index in [1.165, 1.54) is 5.69 Å². The topological polar surface area (TPSA) is 15.3 Å². The Kier molecular flexibility index (Phi) is 4.57. The summed E-state index contributed by atoms with van der Waals surface area (Å²) in [4.78, 5) is 2.49. The maximum atomic E-state index is 6.02. The minimum Gasteiger partial charge on any atom is -0.365 e. The van der Waals surface area contributed by atoms with E-state index in [0.29, 0.717) is 18.0 Å². The minimum atomic E-state index is 0.516. The van der Waals surface area contributed by atoms with Crippen LogP contribution >= 0.6 is 27.5 Å². The van der Waals surface area contributed by atoms with Gasteiger partial charge in [-0.1, -0.05) is 25.4 Å². The smallest absolute Gasteiger partial charge is 0.0515 e. The van der Waals surface area contributed by atoms with Crippen LogP contribution in [0.5, 0.6) is 0 Å². The number of nitrogens with one attached hydrogen (secondary N) is 1. The van der Waals surface area contributed by atoms with Gasteiger partial charge in [0.1, 0.15) is 0 Å². The summed E-state index contributed by atoms with van der Waals surface area (Å²) in [7, 11) is 0. The van der Waals surface area contributed by atoms with E-state index in [4.69, 9.17) is 11.6 Å². The molecule has 1 aromatic rings. The first-order valence-electron chi connectivity index (χ1n) is 6.44. The maximum Gasteiger partial charge on any atom is 0.0515 e. The van der Waals surface area contributed by atoms with Gasteiger partial charge in [0.2, 0.25) is 0 Å². The molecule has 0 radical (unpaired) electrons. The summed E-state index contributed by atoms with van der Waals surface area (Å²) in [5.41, 5.74) is 1.24. The second-order valence-electron chi connectivity index (χ2n) is 5.37. The molecule has 0 spiro atoms. The molecule has 1 saturated heterocycles. The van der Waals surface area contributed by atoms with Gasteiger partial charge in [-0.05, 0) is 47.0 Å². The highest BCUT2D eigenvalue weighted by Gasteiger charge is 2.29. The average Bonchev–Trinajstić information content (AvgIpc) is 2.28. The molecule has 2 atom stereocenters. The molecule has 0 bridgehead atoms. The Morgan fingerprint density at radius 1 is 1.44 bits per heavy atom. The van der Waals surface area contributed by atoms with Crippen molar-refractivity contribution < 1.29 is 0 Å². The zero-order valence-electron chi connectivity index (χ0n) is 11.1. The summed E-state index contributed by atoms with van der Waals surface area (Å²) >= 11 is 9.66. The average molecular weight is 332 g/mol. The van der Waals surface area contributed by atoms with Gasteiger partial charge in [0.05, 0.1) is 5.69 Å². The summed E-state index contributed by atoms with van der Waals surface area (Å²) in [6.45, 7) is 8.85. The van der Waals surface area contributed by atoms with E-state index in [9.17, 15) is 0 Å². The van der Waals surface area contributed by atoms with Crippen LogP contribution in [0.15, 0.2) is 22.7 Å². The molecule has 2 unspecified atom stereocenters. The summed E-state index contributed by atoms with van der Waals surface area (Å²) < 4.78 is 1.08. The Morgan fingerprint density at radius 3 is 2.78 bits per heavy atom. The fourth-order valence-corrected chi connectivity index (χ4v) is 3.42. The van der Waals surface area contributed by atoms with Gasteiger partial charge in [-0.15, -0.1) is 0 Å². The molecule has 0 aromatic heterocycles. The monoisotopic (exact) mass is 330 g/mol. The molecular formula is C14H20BrClN2. The molecule has 1 aliphatic rings. The largest absolute Gasteiger partial charge is 0.365 e. The normalized spacial score (nSPS) is 24.7. The molecule has 1 heterocycles. The first kappa shape index (κ1) is 14.2. The van der Waals surface area contributed by atoms with Crippen LogP contribution in [0, 0.1) is 5.92 Å². The van der Waals surface area contributed by atoms with Crippen LogP contribution in [0.1, 0.15) is 20.8 Å². The van der Waals surface area contributed by atoms with Crippen molar-refractivity contribution in [2.45, 2.75) is 32.9 Å². The van der Waals surface area contributed by atoms with Crippen molar-refractivity contribution in [2.75, 3.05) is 18.0 Å². The van der Waals surface area contributed by atoms with Gasteiger partial charge in [0.25, 0.3) is 0 Å². The van der Waals surface area contributed by atoms with Gasteiger partial charge in [0.15, 0.2) is 0 Å². The Bertz CT molecular complexity index is 422. The van der Waals surface area contributed by atoms with Crippen LogP contribution in [0.25, 0.3) is 0 Å². The lowest BCUT2D eigenvalue weighted by molar-refractivity contribution is 0.349. The number of anilines is 1. The minimum absolute atomic E-state index is 0.516. The van der Waals surface area contributed by atoms with Crippen LogP contribution in [0.2, 0.25) is 5.02 Å². The zero-order valence-corrected chi connectivity index (χ0v) is 13.4. The second-order valence-corrected chi connectivity index (χ2v) is 6.66. The number of hydrogen-bond acceptors (Lipinski definition) is 2. The van der Waals surface area contributed by atoms with E-state index in [1.54, 1.807) is 0 Å². The Labute approximate surface area is 123 Å². The lowest BCUT2D eigenvalue weighted by Gasteiger charge is -2.43. The molecule has 4 heteroatoms. The number of halogens is 2. The van der Waals surface area contributed by atoms with Crippen LogP contribution < -0.4 is 10.2 Å². The summed E-state index contributed by atoms with van der Waals surface area (Å²) in [6.07, 6.45) is 0. The molecule has 18 heavy (non-hydrogen) atoms. The highest BCUT2D eigenvalue weighted by atomic mass is 79.9. The molecule has 2 rings (SSSR count). The third-order valence-electron chi connectivity index (χ3n) is 3.54. The van der Waals surface area contributed by atoms with Gasteiger partial charge in [-0.25, -0.2) is 0 Å². The molecule has 1 N–H and O–H groups in total. The number of piperazine rings is 1. The second kappa shape index (κ2) is 5.81. The van der Waals surface area contributed by atoms with Crippen molar-refractivity contribution in [3.63, 3.8) is 0 Å². The van der Waals surface area contributed by atoms with Crippen LogP contribution in [-0.2, 0) is 0 Å². The van der Waals surface area contributed by atoms with Crippen molar-refractivity contribution in [3.05, 3.63) is 27.7 Å². The number of rotatable bonds is 2. The van der Waals surface area contributed by atoms with Gasteiger partial charge >= 0.3 is 0 Å². The summed E-state index contributed by atoms with van der Waals surface area (Å²) in [5, 5.41) is 4.33. The van der Waals surface area contributed by atoms with Gasteiger partial charge in [0, 0.05) is 34.7 Å². The van der Waals surface area contributed by atoms with E-state index in [2.05, 4.69) is 53.0 Å². The van der Waals surface area contributed by atoms with E-state index in [0.717, 1.165) is 22.6 Å².